The van der Waals surface area contributed by atoms with Crippen LogP contribution in [0.1, 0.15) is 12.8 Å². The number of carbonyl (C=O) groups excluding carboxylic acids is 1. The molecular formula is C8H10N2O6. The average molecular weight is 230 g/mol. The van der Waals surface area contributed by atoms with Gasteiger partial charge in [-0.2, -0.15) is 0 Å². The molecule has 0 radical (unpaired) electrons. The van der Waals surface area contributed by atoms with Crippen molar-refractivity contribution in [2.24, 2.45) is 11.0 Å². The fourth-order valence-electron chi connectivity index (χ4n) is 1.22. The van der Waals surface area contributed by atoms with Gasteiger partial charge in [0.2, 0.25) is 11.8 Å². The smallest absolute Gasteiger partial charge is 0.341 e. The molecule has 0 aliphatic carbocycles. The highest BCUT2D eigenvalue weighted by Crippen LogP contribution is 2.15. The maximum absolute atomic E-state index is 11.0. The number of amides is 1. The highest BCUT2D eigenvalue weighted by molar-refractivity contribution is 5.92. The molecular weight excluding hydrogens is 220 g/mol. The molecule has 1 aliphatic rings. The third kappa shape index (κ3) is 3.56. The Bertz CT molecular complexity index is 350. The minimum Gasteiger partial charge on any atom is -0.481 e. The first kappa shape index (κ1) is 12.0. The van der Waals surface area contributed by atoms with E-state index in [2.05, 4.69) is 10.5 Å². The molecule has 1 aliphatic heterocycles. The van der Waals surface area contributed by atoms with Gasteiger partial charge in [0.15, 0.2) is 6.61 Å². The summed E-state index contributed by atoms with van der Waals surface area (Å²) in [5, 5.41) is 20.5. The molecule has 16 heavy (non-hydrogen) atoms. The predicted molar refractivity (Wildman–Crippen MR) is 49.5 cm³/mol. The molecule has 1 heterocycles. The third-order valence-electron chi connectivity index (χ3n) is 1.84. The van der Waals surface area contributed by atoms with Gasteiger partial charge in [-0.15, -0.1) is 5.10 Å². The van der Waals surface area contributed by atoms with E-state index < -0.39 is 30.4 Å². The number of carboxylic acid groups (broad SMARTS) is 2. The molecule has 3 N–H and O–H groups in total. The molecule has 0 fully saturated rings. The first-order valence-corrected chi connectivity index (χ1v) is 4.42. The highest BCUT2D eigenvalue weighted by Gasteiger charge is 2.28. The van der Waals surface area contributed by atoms with E-state index in [1.54, 1.807) is 0 Å². The molecule has 1 amide bonds. The fraction of sp³-hybridized carbons (Fsp3) is 0.500. The van der Waals surface area contributed by atoms with Crippen molar-refractivity contribution in [2.45, 2.75) is 12.8 Å². The lowest BCUT2D eigenvalue weighted by Crippen LogP contribution is -2.36. The molecule has 1 unspecified atom stereocenters. The molecule has 0 saturated heterocycles. The SMILES string of the molecule is O=C(O)COC1=NNC(=O)CC1CC(=O)O. The van der Waals surface area contributed by atoms with Gasteiger partial charge in [-0.1, -0.05) is 0 Å². The zero-order valence-electron chi connectivity index (χ0n) is 8.17. The summed E-state index contributed by atoms with van der Waals surface area (Å²) in [6, 6.07) is 0. The lowest BCUT2D eigenvalue weighted by molar-refractivity contribution is -0.139. The second-order valence-corrected chi connectivity index (χ2v) is 3.17. The number of ether oxygens (including phenoxy) is 1. The highest BCUT2D eigenvalue weighted by atomic mass is 16.5. The minimum atomic E-state index is -1.20. The van der Waals surface area contributed by atoms with E-state index in [9.17, 15) is 14.4 Å². The fourth-order valence-corrected chi connectivity index (χ4v) is 1.22. The molecule has 1 atom stereocenters. The number of nitrogens with zero attached hydrogens (tertiary/aromatic N) is 1. The summed E-state index contributed by atoms with van der Waals surface area (Å²) in [6.07, 6.45) is -0.406. The van der Waals surface area contributed by atoms with E-state index in [1.807, 2.05) is 0 Å². The van der Waals surface area contributed by atoms with Gasteiger partial charge < -0.3 is 14.9 Å². The molecule has 8 nitrogen and oxygen atoms in total. The Morgan fingerprint density at radius 1 is 1.44 bits per heavy atom. The summed E-state index contributed by atoms with van der Waals surface area (Å²) in [4.78, 5) is 31.7. The van der Waals surface area contributed by atoms with Crippen molar-refractivity contribution >= 4 is 23.7 Å². The monoisotopic (exact) mass is 230 g/mol. The van der Waals surface area contributed by atoms with Gasteiger partial charge in [-0.3, -0.25) is 9.59 Å². The Balaban J connectivity index is 2.65. The van der Waals surface area contributed by atoms with Crippen LogP contribution in [-0.4, -0.2) is 40.6 Å². The van der Waals surface area contributed by atoms with Crippen molar-refractivity contribution in [1.29, 1.82) is 0 Å². The van der Waals surface area contributed by atoms with E-state index in [4.69, 9.17) is 14.9 Å². The predicted octanol–water partition coefficient (Wildman–Crippen LogP) is -0.988. The standard InChI is InChI=1S/C8H10N2O6/c11-5-1-4(2-6(12)13)8(10-9-5)16-3-7(14)15/h4H,1-3H2,(H,9,11)(H,12,13)(H,14,15). The van der Waals surface area contributed by atoms with Gasteiger partial charge in [-0.25, -0.2) is 10.2 Å². The second kappa shape index (κ2) is 5.10. The summed E-state index contributed by atoms with van der Waals surface area (Å²) in [7, 11) is 0. The van der Waals surface area contributed by atoms with Crippen molar-refractivity contribution in [3.8, 4) is 0 Å². The summed E-state index contributed by atoms with van der Waals surface area (Å²) in [5.74, 6) is -3.51. The van der Waals surface area contributed by atoms with Crippen LogP contribution < -0.4 is 5.43 Å². The number of hydrogen-bond acceptors (Lipinski definition) is 5. The van der Waals surface area contributed by atoms with Crippen LogP contribution in [0.5, 0.6) is 0 Å². The summed E-state index contributed by atoms with van der Waals surface area (Å²) >= 11 is 0. The largest absolute Gasteiger partial charge is 0.481 e. The van der Waals surface area contributed by atoms with Gasteiger partial charge >= 0.3 is 11.9 Å². The number of carbonyl (C=O) groups is 3. The Hall–Kier alpha value is -2.12. The third-order valence-corrected chi connectivity index (χ3v) is 1.84. The topological polar surface area (TPSA) is 125 Å². The Labute approximate surface area is 89.9 Å². The van der Waals surface area contributed by atoms with Gasteiger partial charge in [-0.05, 0) is 0 Å². The lowest BCUT2D eigenvalue weighted by Gasteiger charge is -2.20. The van der Waals surface area contributed by atoms with Crippen LogP contribution in [-0.2, 0) is 19.1 Å². The van der Waals surface area contributed by atoms with Gasteiger partial charge in [0.25, 0.3) is 0 Å². The number of hydrazone groups is 1. The Morgan fingerprint density at radius 2 is 2.12 bits per heavy atom. The summed E-state index contributed by atoms with van der Waals surface area (Å²) < 4.78 is 4.78. The van der Waals surface area contributed by atoms with Crippen molar-refractivity contribution < 1.29 is 29.3 Å². The van der Waals surface area contributed by atoms with E-state index in [-0.39, 0.29) is 18.7 Å². The van der Waals surface area contributed by atoms with Crippen LogP contribution in [0.25, 0.3) is 0 Å². The van der Waals surface area contributed by atoms with E-state index in [0.29, 0.717) is 0 Å². The van der Waals surface area contributed by atoms with Crippen molar-refractivity contribution in [2.75, 3.05) is 6.61 Å². The van der Waals surface area contributed by atoms with Crippen LogP contribution in [0.2, 0.25) is 0 Å². The Kier molecular flexibility index (Phi) is 3.81. The molecule has 1 rings (SSSR count). The van der Waals surface area contributed by atoms with Gasteiger partial charge in [0.05, 0.1) is 12.3 Å². The summed E-state index contributed by atoms with van der Waals surface area (Å²) in [5.41, 5.74) is 2.10. The van der Waals surface area contributed by atoms with Crippen LogP contribution in [0.3, 0.4) is 0 Å². The van der Waals surface area contributed by atoms with Crippen LogP contribution >= 0.6 is 0 Å². The molecule has 0 aromatic carbocycles. The second-order valence-electron chi connectivity index (χ2n) is 3.17. The minimum absolute atomic E-state index is 0.0654. The zero-order chi connectivity index (χ0) is 12.1. The van der Waals surface area contributed by atoms with Crippen molar-refractivity contribution in [3.05, 3.63) is 0 Å². The van der Waals surface area contributed by atoms with Crippen LogP contribution in [0, 0.1) is 5.92 Å². The number of rotatable bonds is 4. The maximum atomic E-state index is 11.0. The number of aliphatic carboxylic acids is 2. The normalized spacial score (nSPS) is 19.6. The lowest BCUT2D eigenvalue weighted by atomic mass is 10.00. The van der Waals surface area contributed by atoms with Gasteiger partial charge in [0, 0.05) is 6.42 Å². The molecule has 0 aromatic rings. The molecule has 0 bridgehead atoms. The van der Waals surface area contributed by atoms with Gasteiger partial charge in [0.1, 0.15) is 0 Å². The van der Waals surface area contributed by atoms with Crippen molar-refractivity contribution in [3.63, 3.8) is 0 Å². The quantitative estimate of drug-likeness (QED) is 0.569. The number of carboxylic acids is 2. The first-order valence-electron chi connectivity index (χ1n) is 4.42. The molecule has 0 spiro atoms. The maximum Gasteiger partial charge on any atom is 0.341 e. The Morgan fingerprint density at radius 3 is 2.69 bits per heavy atom. The van der Waals surface area contributed by atoms with E-state index in [1.165, 1.54) is 0 Å². The first-order chi connectivity index (χ1) is 7.49. The van der Waals surface area contributed by atoms with Crippen LogP contribution in [0.15, 0.2) is 5.10 Å². The van der Waals surface area contributed by atoms with Crippen LogP contribution in [0.4, 0.5) is 0 Å². The van der Waals surface area contributed by atoms with Crippen molar-refractivity contribution in [1.82, 2.24) is 5.43 Å². The average Bonchev–Trinajstić information content (AvgIpc) is 2.15. The summed E-state index contributed by atoms with van der Waals surface area (Å²) in [6.45, 7) is -0.620. The van der Waals surface area contributed by atoms with E-state index >= 15 is 0 Å². The zero-order valence-corrected chi connectivity index (χ0v) is 8.17. The molecule has 0 aromatic heterocycles. The number of hydrogen-bond donors (Lipinski definition) is 3. The van der Waals surface area contributed by atoms with E-state index in [0.717, 1.165) is 0 Å². The molecule has 88 valence electrons. The molecule has 0 saturated carbocycles. The number of nitrogens with one attached hydrogen (secondary N) is 1. The molecule has 8 heteroatoms.